The molecule has 2 N–H and O–H groups in total. The van der Waals surface area contributed by atoms with E-state index in [-0.39, 0.29) is 12.5 Å². The van der Waals surface area contributed by atoms with Gasteiger partial charge in [0.05, 0.1) is 15.6 Å². The van der Waals surface area contributed by atoms with Crippen LogP contribution in [0.5, 0.6) is 0 Å². The summed E-state index contributed by atoms with van der Waals surface area (Å²) in [5, 5.41) is 13.6. The van der Waals surface area contributed by atoms with E-state index in [4.69, 9.17) is 23.2 Å². The zero-order valence-electron chi connectivity index (χ0n) is 12.4. The normalized spacial score (nSPS) is 14.4. The number of carbonyl (C=O) groups excluding carboxylic acids is 1. The topological polar surface area (TPSA) is 52.6 Å². The minimum Gasteiger partial charge on any atom is -0.387 e. The Hall–Kier alpha value is -1.07. The number of rotatable bonds is 6. The molecular weight excluding hydrogens is 311 g/mol. The summed E-state index contributed by atoms with van der Waals surface area (Å²) in [4.78, 5) is 13.6. The Morgan fingerprint density at radius 3 is 2.62 bits per heavy atom. The zero-order valence-corrected chi connectivity index (χ0v) is 13.9. The Bertz CT molecular complexity index is 528. The Balaban J connectivity index is 2.53. The molecule has 0 saturated carbocycles. The number of nitrogens with zero attached hydrogens (tertiary/aromatic N) is 1. The van der Waals surface area contributed by atoms with E-state index in [0.717, 1.165) is 5.56 Å². The van der Waals surface area contributed by atoms with Crippen molar-refractivity contribution in [1.29, 1.82) is 0 Å². The lowest BCUT2D eigenvalue weighted by molar-refractivity contribution is -0.117. The highest BCUT2D eigenvalue weighted by atomic mass is 35.5. The van der Waals surface area contributed by atoms with Crippen LogP contribution in [0.3, 0.4) is 0 Å². The lowest BCUT2D eigenvalue weighted by Gasteiger charge is -2.26. The highest BCUT2D eigenvalue weighted by Gasteiger charge is 2.21. The number of nitrogens with one attached hydrogen (secondary N) is 1. The standard InChI is InChI=1S/C15H20Cl2N2O2/c1-15(21,10-19(2)3)9-18-14(20)7-5-11-4-6-12(16)13(17)8-11/h4-8,21H,9-10H2,1-3H3,(H,18,20)/b7-5+. The first-order chi connectivity index (χ1) is 9.69. The van der Waals surface area contributed by atoms with Gasteiger partial charge in [0.1, 0.15) is 0 Å². The summed E-state index contributed by atoms with van der Waals surface area (Å²) in [6, 6.07) is 5.11. The fraction of sp³-hybridized carbons (Fsp3) is 0.400. The minimum absolute atomic E-state index is 0.176. The van der Waals surface area contributed by atoms with Crippen LogP contribution < -0.4 is 5.32 Å². The second-order valence-corrected chi connectivity index (χ2v) is 6.27. The van der Waals surface area contributed by atoms with Crippen molar-refractivity contribution in [2.24, 2.45) is 0 Å². The summed E-state index contributed by atoms with van der Waals surface area (Å²) in [6.45, 7) is 2.31. The number of aliphatic hydroxyl groups is 1. The van der Waals surface area contributed by atoms with Gasteiger partial charge in [-0.25, -0.2) is 0 Å². The average molecular weight is 331 g/mol. The molecule has 0 saturated heterocycles. The summed E-state index contributed by atoms with van der Waals surface area (Å²) in [5.74, 6) is -0.278. The molecule has 116 valence electrons. The van der Waals surface area contributed by atoms with Crippen molar-refractivity contribution < 1.29 is 9.90 Å². The van der Waals surface area contributed by atoms with Crippen LogP contribution in [-0.4, -0.2) is 48.7 Å². The molecule has 1 unspecified atom stereocenters. The number of benzene rings is 1. The van der Waals surface area contributed by atoms with Gasteiger partial charge >= 0.3 is 0 Å². The number of carbonyl (C=O) groups is 1. The molecule has 0 bridgehead atoms. The van der Waals surface area contributed by atoms with E-state index in [0.29, 0.717) is 16.6 Å². The van der Waals surface area contributed by atoms with Crippen LogP contribution in [-0.2, 0) is 4.79 Å². The first-order valence-electron chi connectivity index (χ1n) is 6.48. The summed E-state index contributed by atoms with van der Waals surface area (Å²) in [7, 11) is 3.72. The number of hydrogen-bond acceptors (Lipinski definition) is 3. The van der Waals surface area contributed by atoms with Crippen molar-refractivity contribution in [2.45, 2.75) is 12.5 Å². The molecule has 21 heavy (non-hydrogen) atoms. The van der Waals surface area contributed by atoms with Gasteiger partial charge in [-0.2, -0.15) is 0 Å². The predicted octanol–water partition coefficient (Wildman–Crippen LogP) is 2.44. The van der Waals surface area contributed by atoms with Crippen molar-refractivity contribution in [1.82, 2.24) is 10.2 Å². The van der Waals surface area contributed by atoms with Gasteiger partial charge in [-0.1, -0.05) is 29.3 Å². The molecule has 6 heteroatoms. The maximum Gasteiger partial charge on any atom is 0.244 e. The Morgan fingerprint density at radius 2 is 2.05 bits per heavy atom. The van der Waals surface area contributed by atoms with Gasteiger partial charge in [-0.15, -0.1) is 0 Å². The van der Waals surface area contributed by atoms with Gasteiger partial charge in [0.15, 0.2) is 0 Å². The van der Waals surface area contributed by atoms with Crippen LogP contribution in [0.2, 0.25) is 10.0 Å². The number of likely N-dealkylation sites (N-methyl/N-ethyl adjacent to an activating group) is 1. The average Bonchev–Trinajstić information content (AvgIpc) is 2.36. The van der Waals surface area contributed by atoms with Crippen LogP contribution in [0.15, 0.2) is 24.3 Å². The molecule has 1 aromatic carbocycles. The number of amides is 1. The van der Waals surface area contributed by atoms with Crippen LogP contribution in [0.1, 0.15) is 12.5 Å². The summed E-state index contributed by atoms with van der Waals surface area (Å²) < 4.78 is 0. The smallest absolute Gasteiger partial charge is 0.244 e. The zero-order chi connectivity index (χ0) is 16.0. The Labute approximate surface area is 135 Å². The third-order valence-corrected chi connectivity index (χ3v) is 3.41. The molecule has 0 heterocycles. The summed E-state index contributed by atoms with van der Waals surface area (Å²) in [5.41, 5.74) is -0.198. The molecule has 1 amide bonds. The molecular formula is C15H20Cl2N2O2. The molecule has 1 atom stereocenters. The molecule has 0 spiro atoms. The maximum absolute atomic E-state index is 11.7. The lowest BCUT2D eigenvalue weighted by atomic mass is 10.1. The SMILES string of the molecule is CN(C)CC(C)(O)CNC(=O)/C=C/c1ccc(Cl)c(Cl)c1. The maximum atomic E-state index is 11.7. The van der Waals surface area contributed by atoms with Gasteiger partial charge in [0.2, 0.25) is 5.91 Å². The second-order valence-electron chi connectivity index (χ2n) is 5.46. The van der Waals surface area contributed by atoms with E-state index in [1.165, 1.54) is 6.08 Å². The molecule has 0 aliphatic carbocycles. The van der Waals surface area contributed by atoms with E-state index < -0.39 is 5.60 Å². The molecule has 4 nitrogen and oxygen atoms in total. The minimum atomic E-state index is -0.976. The van der Waals surface area contributed by atoms with Gasteiger partial charge < -0.3 is 15.3 Å². The van der Waals surface area contributed by atoms with Crippen molar-refractivity contribution in [3.05, 3.63) is 39.9 Å². The van der Waals surface area contributed by atoms with Crippen LogP contribution >= 0.6 is 23.2 Å². The predicted molar refractivity (Wildman–Crippen MR) is 87.7 cm³/mol. The largest absolute Gasteiger partial charge is 0.387 e. The van der Waals surface area contributed by atoms with Crippen LogP contribution in [0, 0.1) is 0 Å². The Kier molecular flexibility index (Phi) is 6.68. The molecule has 1 rings (SSSR count). The monoisotopic (exact) mass is 330 g/mol. The second kappa shape index (κ2) is 7.80. The fourth-order valence-electron chi connectivity index (χ4n) is 1.86. The van der Waals surface area contributed by atoms with Crippen LogP contribution in [0.4, 0.5) is 0 Å². The molecule has 0 aliphatic rings. The third-order valence-electron chi connectivity index (χ3n) is 2.67. The fourth-order valence-corrected chi connectivity index (χ4v) is 2.17. The van der Waals surface area contributed by atoms with E-state index in [1.54, 1.807) is 31.2 Å². The van der Waals surface area contributed by atoms with Crippen molar-refractivity contribution >= 4 is 35.2 Å². The van der Waals surface area contributed by atoms with Gasteiger partial charge in [-0.05, 0) is 44.8 Å². The summed E-state index contributed by atoms with van der Waals surface area (Å²) >= 11 is 11.7. The van der Waals surface area contributed by atoms with Crippen LogP contribution in [0.25, 0.3) is 6.08 Å². The van der Waals surface area contributed by atoms with E-state index >= 15 is 0 Å². The Morgan fingerprint density at radius 1 is 1.38 bits per heavy atom. The van der Waals surface area contributed by atoms with Crippen molar-refractivity contribution in [3.8, 4) is 0 Å². The molecule has 0 fully saturated rings. The highest BCUT2D eigenvalue weighted by molar-refractivity contribution is 6.42. The van der Waals surface area contributed by atoms with Gasteiger partial charge in [0.25, 0.3) is 0 Å². The quantitative estimate of drug-likeness (QED) is 0.787. The van der Waals surface area contributed by atoms with Gasteiger partial charge in [-0.3, -0.25) is 4.79 Å². The molecule has 0 aliphatic heterocycles. The van der Waals surface area contributed by atoms with E-state index in [1.807, 2.05) is 19.0 Å². The van der Waals surface area contributed by atoms with Gasteiger partial charge in [0, 0.05) is 19.2 Å². The van der Waals surface area contributed by atoms with Crippen molar-refractivity contribution in [2.75, 3.05) is 27.2 Å². The lowest BCUT2D eigenvalue weighted by Crippen LogP contribution is -2.46. The van der Waals surface area contributed by atoms with E-state index in [9.17, 15) is 9.90 Å². The third kappa shape index (κ3) is 6.96. The number of hydrogen-bond donors (Lipinski definition) is 2. The van der Waals surface area contributed by atoms with Crippen molar-refractivity contribution in [3.63, 3.8) is 0 Å². The van der Waals surface area contributed by atoms with E-state index in [2.05, 4.69) is 5.32 Å². The number of halogens is 2. The first-order valence-corrected chi connectivity index (χ1v) is 7.23. The molecule has 1 aromatic rings. The first kappa shape index (κ1) is 18.0. The molecule has 0 aromatic heterocycles. The molecule has 0 radical (unpaired) electrons. The summed E-state index contributed by atoms with van der Waals surface area (Å²) in [6.07, 6.45) is 3.03. The highest BCUT2D eigenvalue weighted by Crippen LogP contribution is 2.23.